The highest BCUT2D eigenvalue weighted by molar-refractivity contribution is 7.09. The molecule has 1 rings (SSSR count). The molecule has 1 unspecified atom stereocenters. The Hall–Kier alpha value is -0.830. The second-order valence-electron chi connectivity index (χ2n) is 2.70. The third-order valence-corrected chi connectivity index (χ3v) is 2.16. The van der Waals surface area contributed by atoms with E-state index in [1.165, 1.54) is 0 Å². The van der Waals surface area contributed by atoms with E-state index in [4.69, 9.17) is 16.3 Å². The predicted molar refractivity (Wildman–Crippen MR) is 62.3 cm³/mol. The van der Waals surface area contributed by atoms with Crippen molar-refractivity contribution in [3.8, 4) is 5.75 Å². The summed E-state index contributed by atoms with van der Waals surface area (Å²) in [5, 5.41) is 3.05. The third kappa shape index (κ3) is 3.67. The molecular weight excluding hydrogens is 237 g/mol. The number of rotatable bonds is 4. The molecule has 6 heteroatoms. The van der Waals surface area contributed by atoms with E-state index < -0.39 is 0 Å². The van der Waals surface area contributed by atoms with Crippen LogP contribution in [0.1, 0.15) is 0 Å². The molecule has 0 spiro atoms. The first-order chi connectivity index (χ1) is 7.17. The van der Waals surface area contributed by atoms with Gasteiger partial charge in [-0.3, -0.25) is 4.79 Å². The fraction of sp³-hybridized carbons (Fsp3) is 0.222. The van der Waals surface area contributed by atoms with Crippen LogP contribution in [-0.4, -0.2) is 19.6 Å². The van der Waals surface area contributed by atoms with Crippen molar-refractivity contribution in [3.05, 3.63) is 23.2 Å². The normalized spacial score (nSPS) is 9.80. The molecule has 0 aliphatic rings. The fourth-order valence-corrected chi connectivity index (χ4v) is 1.31. The Balaban J connectivity index is 2.79. The largest absolute Gasteiger partial charge is 0.497 e. The van der Waals surface area contributed by atoms with E-state index in [0.717, 1.165) is 0 Å². The average Bonchev–Trinajstić information content (AvgIpc) is 2.21. The maximum absolute atomic E-state index is 11.2. The van der Waals surface area contributed by atoms with E-state index in [2.05, 4.69) is 9.84 Å². The van der Waals surface area contributed by atoms with E-state index in [1.807, 2.05) is 9.47 Å². The molecule has 1 aromatic carbocycles. The van der Waals surface area contributed by atoms with E-state index in [-0.39, 0.29) is 12.5 Å². The van der Waals surface area contributed by atoms with Crippen LogP contribution in [0.5, 0.6) is 5.75 Å². The topological polar surface area (TPSA) is 47.6 Å². The highest BCUT2D eigenvalue weighted by Crippen LogP contribution is 2.26. The van der Waals surface area contributed by atoms with Crippen LogP contribution in [0, 0.1) is 0 Å². The molecule has 0 saturated heterocycles. The zero-order valence-electron chi connectivity index (χ0n) is 8.12. The quantitative estimate of drug-likeness (QED) is 0.829. The second kappa shape index (κ2) is 5.91. The monoisotopic (exact) mass is 247 g/mol. The minimum Gasteiger partial charge on any atom is -0.497 e. The van der Waals surface area contributed by atoms with Crippen LogP contribution in [0.3, 0.4) is 0 Å². The van der Waals surface area contributed by atoms with Crippen molar-refractivity contribution in [1.29, 1.82) is 0 Å². The summed E-state index contributed by atoms with van der Waals surface area (Å²) in [6.45, 7) is -0.0434. The Kier molecular flexibility index (Phi) is 4.82. The van der Waals surface area contributed by atoms with Crippen LogP contribution in [-0.2, 0) is 9.32 Å². The number of benzene rings is 1. The molecule has 0 aromatic heterocycles. The Morgan fingerprint density at radius 2 is 2.33 bits per heavy atom. The summed E-state index contributed by atoms with van der Waals surface area (Å²) in [6.07, 6.45) is 0. The molecule has 1 amide bonds. The van der Waals surface area contributed by atoms with Crippen LogP contribution in [0.25, 0.3) is 0 Å². The van der Waals surface area contributed by atoms with Gasteiger partial charge >= 0.3 is 0 Å². The molecule has 4 nitrogen and oxygen atoms in total. The van der Waals surface area contributed by atoms with Gasteiger partial charge in [-0.05, 0) is 12.1 Å². The lowest BCUT2D eigenvalue weighted by atomic mass is 10.3. The van der Waals surface area contributed by atoms with Crippen LogP contribution in [0.2, 0.25) is 5.02 Å². The van der Waals surface area contributed by atoms with Gasteiger partial charge in [0.15, 0.2) is 0 Å². The lowest BCUT2D eigenvalue weighted by Crippen LogP contribution is -2.16. The number of carbonyl (C=O) groups is 1. The Bertz CT molecular complexity index is 359. The van der Waals surface area contributed by atoms with Crippen molar-refractivity contribution in [1.82, 2.24) is 0 Å². The molecule has 0 bridgehead atoms. The average molecular weight is 248 g/mol. The van der Waals surface area contributed by atoms with Crippen molar-refractivity contribution in [2.45, 2.75) is 0 Å². The number of halogens is 1. The van der Waals surface area contributed by atoms with Crippen molar-refractivity contribution in [3.63, 3.8) is 0 Å². The minimum absolute atomic E-state index is 0.0434. The smallest absolute Gasteiger partial charge is 0.250 e. The lowest BCUT2D eigenvalue weighted by molar-refractivity contribution is -0.117. The number of hydrogen-bond acceptors (Lipinski definition) is 3. The van der Waals surface area contributed by atoms with E-state index >= 15 is 0 Å². The number of anilines is 1. The fourth-order valence-electron chi connectivity index (χ4n) is 0.989. The maximum Gasteiger partial charge on any atom is 0.250 e. The number of ether oxygens (including phenoxy) is 1. The van der Waals surface area contributed by atoms with E-state index in [0.29, 0.717) is 16.5 Å². The SMILES string of the molecule is COc1ccc(Cl)c(NC(=O)COP)c1. The first-order valence-electron chi connectivity index (χ1n) is 4.12. The Labute approximate surface area is 95.2 Å². The van der Waals surface area contributed by atoms with Gasteiger partial charge in [-0.15, -0.1) is 0 Å². The van der Waals surface area contributed by atoms with Crippen LogP contribution in [0.4, 0.5) is 5.69 Å². The minimum atomic E-state index is -0.278. The zero-order valence-corrected chi connectivity index (χ0v) is 10.0. The molecule has 0 aliphatic carbocycles. The van der Waals surface area contributed by atoms with Gasteiger partial charge in [0.05, 0.1) is 17.8 Å². The van der Waals surface area contributed by atoms with Gasteiger partial charge in [-0.25, -0.2) is 0 Å². The van der Waals surface area contributed by atoms with Crippen molar-refractivity contribution < 1.29 is 14.1 Å². The van der Waals surface area contributed by atoms with Gasteiger partial charge in [0, 0.05) is 15.5 Å². The maximum atomic E-state index is 11.2. The van der Waals surface area contributed by atoms with Crippen LogP contribution >= 0.6 is 21.1 Å². The molecule has 0 aliphatic heterocycles. The van der Waals surface area contributed by atoms with Gasteiger partial charge in [-0.2, -0.15) is 0 Å². The zero-order chi connectivity index (χ0) is 11.3. The van der Waals surface area contributed by atoms with Gasteiger partial charge in [-0.1, -0.05) is 11.6 Å². The number of methoxy groups -OCH3 is 1. The van der Waals surface area contributed by atoms with E-state index in [1.54, 1.807) is 25.3 Å². The second-order valence-corrected chi connectivity index (χ2v) is 3.45. The molecule has 0 saturated carbocycles. The van der Waals surface area contributed by atoms with E-state index in [9.17, 15) is 4.79 Å². The van der Waals surface area contributed by atoms with Gasteiger partial charge in [0.2, 0.25) is 0 Å². The van der Waals surface area contributed by atoms with Gasteiger partial charge in [0.1, 0.15) is 12.4 Å². The van der Waals surface area contributed by atoms with Gasteiger partial charge < -0.3 is 14.6 Å². The molecule has 0 heterocycles. The first kappa shape index (κ1) is 12.2. The molecular formula is C9H11ClNO3P. The summed E-state index contributed by atoms with van der Waals surface area (Å²) < 4.78 is 9.61. The molecule has 1 N–H and O–H groups in total. The summed E-state index contributed by atoms with van der Waals surface area (Å²) in [7, 11) is 3.54. The third-order valence-electron chi connectivity index (χ3n) is 1.66. The first-order valence-corrected chi connectivity index (χ1v) is 4.97. The lowest BCUT2D eigenvalue weighted by Gasteiger charge is -2.08. The number of hydrogen-bond donors (Lipinski definition) is 1. The summed E-state index contributed by atoms with van der Waals surface area (Å²) >= 11 is 5.88. The molecule has 1 aromatic rings. The summed E-state index contributed by atoms with van der Waals surface area (Å²) in [6, 6.07) is 5.00. The molecule has 82 valence electrons. The predicted octanol–water partition coefficient (Wildman–Crippen LogP) is 2.09. The summed E-state index contributed by atoms with van der Waals surface area (Å²) in [4.78, 5) is 11.2. The summed E-state index contributed by atoms with van der Waals surface area (Å²) in [5.74, 6) is 0.349. The van der Waals surface area contributed by atoms with Gasteiger partial charge in [0.25, 0.3) is 5.91 Å². The van der Waals surface area contributed by atoms with Crippen molar-refractivity contribution >= 4 is 32.7 Å². The molecule has 0 radical (unpaired) electrons. The van der Waals surface area contributed by atoms with Crippen molar-refractivity contribution in [2.24, 2.45) is 0 Å². The standard InChI is InChI=1S/C9H11ClNO3P/c1-13-6-2-3-7(10)8(4-6)11-9(12)5-14-15/h2-4H,5,15H2,1H3,(H,11,12). The molecule has 1 atom stereocenters. The summed E-state index contributed by atoms with van der Waals surface area (Å²) in [5.41, 5.74) is 0.503. The molecule has 15 heavy (non-hydrogen) atoms. The van der Waals surface area contributed by atoms with Crippen LogP contribution < -0.4 is 10.1 Å². The Morgan fingerprint density at radius 1 is 1.60 bits per heavy atom. The van der Waals surface area contributed by atoms with Crippen LogP contribution in [0.15, 0.2) is 18.2 Å². The number of carbonyl (C=O) groups excluding carboxylic acids is 1. The number of amides is 1. The number of nitrogens with one attached hydrogen (secondary N) is 1. The van der Waals surface area contributed by atoms with Crippen molar-refractivity contribution in [2.75, 3.05) is 19.0 Å². The highest BCUT2D eigenvalue weighted by Gasteiger charge is 2.06. The molecule has 0 fully saturated rings. The Morgan fingerprint density at radius 3 is 2.93 bits per heavy atom. The highest BCUT2D eigenvalue weighted by atomic mass is 35.5.